The van der Waals surface area contributed by atoms with Crippen molar-refractivity contribution in [3.8, 4) is 11.5 Å². The zero-order valence-electron chi connectivity index (χ0n) is 18.1. The van der Waals surface area contributed by atoms with Crippen molar-refractivity contribution in [3.63, 3.8) is 0 Å². The number of nitrogens with zero attached hydrogens (tertiary/aromatic N) is 2. The van der Waals surface area contributed by atoms with Gasteiger partial charge in [0, 0.05) is 37.8 Å². The zero-order chi connectivity index (χ0) is 22.7. The van der Waals surface area contributed by atoms with E-state index in [1.165, 1.54) is 18.4 Å². The van der Waals surface area contributed by atoms with Crippen LogP contribution in [0.25, 0.3) is 0 Å². The van der Waals surface area contributed by atoms with E-state index in [9.17, 15) is 14.7 Å². The molecule has 2 aromatic rings. The molecule has 4 rings (SSSR count). The maximum absolute atomic E-state index is 13.3. The number of carbonyl (C=O) groups is 2. The second-order valence-corrected chi connectivity index (χ2v) is 8.48. The summed E-state index contributed by atoms with van der Waals surface area (Å²) in [7, 11) is 3.08. The first-order valence-corrected chi connectivity index (χ1v) is 11.3. The number of ether oxygens (including phenoxy) is 3. The van der Waals surface area contributed by atoms with Gasteiger partial charge in [0.15, 0.2) is 5.76 Å². The molecule has 1 saturated heterocycles. The second kappa shape index (κ2) is 9.72. The van der Waals surface area contributed by atoms with Crippen molar-refractivity contribution in [2.45, 2.75) is 6.04 Å². The Labute approximate surface area is 190 Å². The van der Waals surface area contributed by atoms with Crippen LogP contribution in [0.5, 0.6) is 11.5 Å². The Morgan fingerprint density at radius 3 is 2.62 bits per heavy atom. The molecule has 1 aromatic carbocycles. The SMILES string of the molecule is COc1ccc([C@@H]2C(C(=O)c3cccs3)=C(O)C(=O)N2CCN2CCOCC2)c(OC)c1. The lowest BCUT2D eigenvalue weighted by atomic mass is 9.94. The van der Waals surface area contributed by atoms with Gasteiger partial charge in [0.2, 0.25) is 5.78 Å². The van der Waals surface area contributed by atoms with Gasteiger partial charge in [-0.25, -0.2) is 0 Å². The number of hydrogen-bond acceptors (Lipinski definition) is 8. The molecule has 1 aromatic heterocycles. The van der Waals surface area contributed by atoms with E-state index in [0.29, 0.717) is 48.2 Å². The molecule has 3 heterocycles. The van der Waals surface area contributed by atoms with Crippen LogP contribution in [0.15, 0.2) is 47.0 Å². The van der Waals surface area contributed by atoms with E-state index in [2.05, 4.69) is 4.90 Å². The fourth-order valence-corrected chi connectivity index (χ4v) is 4.78. The highest BCUT2D eigenvalue weighted by atomic mass is 32.1. The number of morpholine rings is 1. The smallest absolute Gasteiger partial charge is 0.290 e. The summed E-state index contributed by atoms with van der Waals surface area (Å²) in [6, 6.07) is 7.94. The van der Waals surface area contributed by atoms with Gasteiger partial charge < -0.3 is 24.2 Å². The molecule has 0 saturated carbocycles. The number of benzene rings is 1. The maximum atomic E-state index is 13.3. The lowest BCUT2D eigenvalue weighted by molar-refractivity contribution is -0.129. The molecule has 1 fully saturated rings. The minimum absolute atomic E-state index is 0.0721. The quantitative estimate of drug-likeness (QED) is 0.609. The average Bonchev–Trinajstić information content (AvgIpc) is 3.45. The summed E-state index contributed by atoms with van der Waals surface area (Å²) < 4.78 is 16.3. The van der Waals surface area contributed by atoms with Gasteiger partial charge in [-0.1, -0.05) is 6.07 Å². The van der Waals surface area contributed by atoms with Crippen LogP contribution in [0.3, 0.4) is 0 Å². The predicted molar refractivity (Wildman–Crippen MR) is 120 cm³/mol. The van der Waals surface area contributed by atoms with E-state index >= 15 is 0 Å². The summed E-state index contributed by atoms with van der Waals surface area (Å²) in [5.74, 6) is -0.351. The normalized spacial score (nSPS) is 19.5. The first-order valence-electron chi connectivity index (χ1n) is 10.4. The highest BCUT2D eigenvalue weighted by Crippen LogP contribution is 2.43. The van der Waals surface area contributed by atoms with Crippen LogP contribution in [0.4, 0.5) is 0 Å². The Balaban J connectivity index is 1.73. The van der Waals surface area contributed by atoms with E-state index in [1.807, 2.05) is 0 Å². The average molecular weight is 459 g/mol. The largest absolute Gasteiger partial charge is 0.503 e. The molecule has 1 atom stereocenters. The van der Waals surface area contributed by atoms with Gasteiger partial charge in [0.05, 0.1) is 43.9 Å². The third-order valence-electron chi connectivity index (χ3n) is 5.79. The molecule has 1 amide bonds. The molecule has 0 aliphatic carbocycles. The van der Waals surface area contributed by atoms with E-state index in [0.717, 1.165) is 13.1 Å². The summed E-state index contributed by atoms with van der Waals surface area (Å²) in [4.78, 5) is 30.7. The Hall–Kier alpha value is -2.88. The molecule has 0 unspecified atom stereocenters. The molecular weight excluding hydrogens is 432 g/mol. The lowest BCUT2D eigenvalue weighted by Crippen LogP contribution is -2.43. The van der Waals surface area contributed by atoms with Gasteiger partial charge in [0.25, 0.3) is 5.91 Å². The van der Waals surface area contributed by atoms with Crippen molar-refractivity contribution in [2.75, 3.05) is 53.6 Å². The van der Waals surface area contributed by atoms with Gasteiger partial charge in [-0.3, -0.25) is 14.5 Å². The Morgan fingerprint density at radius 1 is 1.19 bits per heavy atom. The Morgan fingerprint density at radius 2 is 1.97 bits per heavy atom. The van der Waals surface area contributed by atoms with Crippen molar-refractivity contribution in [1.82, 2.24) is 9.80 Å². The number of aliphatic hydroxyl groups excluding tert-OH is 1. The van der Waals surface area contributed by atoms with Gasteiger partial charge >= 0.3 is 0 Å². The van der Waals surface area contributed by atoms with Crippen LogP contribution in [-0.4, -0.2) is 80.2 Å². The van der Waals surface area contributed by atoms with Crippen LogP contribution in [0.2, 0.25) is 0 Å². The lowest BCUT2D eigenvalue weighted by Gasteiger charge is -2.32. The molecule has 32 heavy (non-hydrogen) atoms. The summed E-state index contributed by atoms with van der Waals surface area (Å²) in [5, 5.41) is 12.6. The highest BCUT2D eigenvalue weighted by Gasteiger charge is 2.45. The molecular formula is C23H26N2O6S. The number of Topliss-reactive ketones (excluding diaryl/α,β-unsaturated/α-hetero) is 1. The topological polar surface area (TPSA) is 88.5 Å². The molecule has 2 aliphatic rings. The molecule has 8 nitrogen and oxygen atoms in total. The Bertz CT molecular complexity index is 1010. The fourth-order valence-electron chi connectivity index (χ4n) is 4.10. The molecule has 9 heteroatoms. The van der Waals surface area contributed by atoms with E-state index < -0.39 is 17.7 Å². The highest BCUT2D eigenvalue weighted by molar-refractivity contribution is 7.12. The molecule has 0 radical (unpaired) electrons. The van der Waals surface area contributed by atoms with Gasteiger partial charge in [-0.2, -0.15) is 0 Å². The standard InChI is InChI=1S/C23H26N2O6S/c1-29-15-5-6-16(17(14-15)30-2)20-19(21(26)18-4-3-13-32-18)22(27)23(28)25(20)8-7-24-9-11-31-12-10-24/h3-6,13-14,20,27H,7-12H2,1-2H3/t20-/m1/s1. The van der Waals surface area contributed by atoms with E-state index in [-0.39, 0.29) is 11.4 Å². The van der Waals surface area contributed by atoms with Crippen molar-refractivity contribution >= 4 is 23.0 Å². The summed E-state index contributed by atoms with van der Waals surface area (Å²) in [6.45, 7) is 3.81. The third-order valence-corrected chi connectivity index (χ3v) is 6.66. The number of methoxy groups -OCH3 is 2. The summed E-state index contributed by atoms with van der Waals surface area (Å²) in [5.41, 5.74) is 0.690. The number of hydrogen-bond donors (Lipinski definition) is 1. The number of amides is 1. The van der Waals surface area contributed by atoms with Gasteiger partial charge in [-0.15, -0.1) is 11.3 Å². The van der Waals surface area contributed by atoms with Crippen LogP contribution in [0.1, 0.15) is 21.3 Å². The zero-order valence-corrected chi connectivity index (χ0v) is 18.9. The van der Waals surface area contributed by atoms with Crippen molar-refractivity contribution in [3.05, 3.63) is 57.5 Å². The summed E-state index contributed by atoms with van der Waals surface area (Å²) in [6.07, 6.45) is 0. The van der Waals surface area contributed by atoms with Crippen molar-refractivity contribution < 1.29 is 28.9 Å². The molecule has 1 N–H and O–H groups in total. The number of rotatable bonds is 8. The van der Waals surface area contributed by atoms with Crippen molar-refractivity contribution in [1.29, 1.82) is 0 Å². The van der Waals surface area contributed by atoms with Crippen LogP contribution in [0, 0.1) is 0 Å². The minimum Gasteiger partial charge on any atom is -0.503 e. The van der Waals surface area contributed by atoms with Crippen molar-refractivity contribution in [2.24, 2.45) is 0 Å². The maximum Gasteiger partial charge on any atom is 0.290 e. The molecule has 2 aliphatic heterocycles. The van der Waals surface area contributed by atoms with Gasteiger partial charge in [-0.05, 0) is 23.6 Å². The van der Waals surface area contributed by atoms with Crippen LogP contribution < -0.4 is 9.47 Å². The van der Waals surface area contributed by atoms with E-state index in [1.54, 1.807) is 47.7 Å². The fraction of sp³-hybridized carbons (Fsp3) is 0.391. The van der Waals surface area contributed by atoms with E-state index in [4.69, 9.17) is 14.2 Å². The van der Waals surface area contributed by atoms with Gasteiger partial charge in [0.1, 0.15) is 11.5 Å². The first-order chi connectivity index (χ1) is 15.5. The number of aliphatic hydroxyl groups is 1. The Kier molecular flexibility index (Phi) is 6.78. The predicted octanol–water partition coefficient (Wildman–Crippen LogP) is 2.68. The number of thiophene rings is 1. The second-order valence-electron chi connectivity index (χ2n) is 7.53. The van der Waals surface area contributed by atoms with Crippen LogP contribution in [-0.2, 0) is 9.53 Å². The van der Waals surface area contributed by atoms with Crippen LogP contribution >= 0.6 is 11.3 Å². The monoisotopic (exact) mass is 458 g/mol. The first kappa shape index (κ1) is 22.3. The third kappa shape index (κ3) is 4.23. The minimum atomic E-state index is -0.765. The molecule has 170 valence electrons. The molecule has 0 spiro atoms. The molecule has 0 bridgehead atoms. The summed E-state index contributed by atoms with van der Waals surface area (Å²) >= 11 is 1.27. The number of carbonyl (C=O) groups excluding carboxylic acids is 2. The number of ketones is 1.